The van der Waals surface area contributed by atoms with E-state index in [1.165, 1.54) is 6.07 Å². The molecule has 0 bridgehead atoms. The number of phenols is 2. The highest BCUT2D eigenvalue weighted by Gasteiger charge is 2.13. The van der Waals surface area contributed by atoms with Gasteiger partial charge in [0.2, 0.25) is 0 Å². The van der Waals surface area contributed by atoms with Crippen LogP contribution in [0.15, 0.2) is 146 Å². The lowest BCUT2D eigenvalue weighted by atomic mass is 9.99. The molecule has 0 aliphatic carbocycles. The van der Waals surface area contributed by atoms with Crippen LogP contribution in [-0.4, -0.2) is 45.7 Å². The van der Waals surface area contributed by atoms with Crippen molar-refractivity contribution in [2.45, 2.75) is 25.7 Å². The van der Waals surface area contributed by atoms with Gasteiger partial charge in [-0.25, -0.2) is 0 Å². The number of thiocarbonyl (C=S) groups is 2. The van der Waals surface area contributed by atoms with Gasteiger partial charge in [0.1, 0.15) is 36.2 Å². The van der Waals surface area contributed by atoms with Gasteiger partial charge in [0.05, 0.1) is 16.3 Å². The predicted octanol–water partition coefficient (Wildman–Crippen LogP) is 10.5. The number of hydrogen-bond acceptors (Lipinski definition) is 8. The molecule has 6 rings (SSSR count). The molecule has 6 aromatic rings. The fourth-order valence-electron chi connectivity index (χ4n) is 5.91. The Labute approximate surface area is 326 Å². The standard InChI is InChI=1S/C46H40O6S2/c47-42-30-38(23-25-40(42)45(53)36-19-15-34(16-20-36)32-10-4-1-5-11-32)50-27-9-3-8-14-44(49)52-29-28-51-39-24-26-41(43(48)31-39)46(54)37-21-17-35(18-22-37)33-12-6-2-7-13-33/h1-2,4-7,10-13,15-26,30-31,47-48H,3,8-9,14,27-29H2. The Morgan fingerprint density at radius 2 is 0.926 bits per heavy atom. The molecule has 6 aromatic carbocycles. The second kappa shape index (κ2) is 18.8. The molecule has 0 atom stereocenters. The van der Waals surface area contributed by atoms with E-state index in [0.717, 1.165) is 46.2 Å². The Kier molecular flexibility index (Phi) is 13.2. The fraction of sp³-hybridized carbons (Fsp3) is 0.152. The zero-order valence-corrected chi connectivity index (χ0v) is 31.3. The lowest BCUT2D eigenvalue weighted by molar-refractivity contribution is -0.144. The first-order chi connectivity index (χ1) is 26.4. The first-order valence-electron chi connectivity index (χ1n) is 17.8. The first kappa shape index (κ1) is 37.9. The van der Waals surface area contributed by atoms with E-state index in [-0.39, 0.29) is 30.7 Å². The van der Waals surface area contributed by atoms with Crippen molar-refractivity contribution in [1.82, 2.24) is 0 Å². The number of carbonyl (C=O) groups is 1. The highest BCUT2D eigenvalue weighted by Crippen LogP contribution is 2.29. The molecule has 0 radical (unpaired) electrons. The van der Waals surface area contributed by atoms with Crippen LogP contribution in [0.2, 0.25) is 0 Å². The van der Waals surface area contributed by atoms with E-state index in [1.54, 1.807) is 30.3 Å². The van der Waals surface area contributed by atoms with Crippen molar-refractivity contribution in [2.75, 3.05) is 19.8 Å². The maximum atomic E-state index is 12.2. The number of hydrogen-bond donors (Lipinski definition) is 2. The third-order valence-corrected chi connectivity index (χ3v) is 9.76. The van der Waals surface area contributed by atoms with Gasteiger partial charge in [-0.2, -0.15) is 0 Å². The van der Waals surface area contributed by atoms with Crippen molar-refractivity contribution in [1.29, 1.82) is 0 Å². The number of ether oxygens (including phenoxy) is 3. The molecule has 2 N–H and O–H groups in total. The monoisotopic (exact) mass is 752 g/mol. The molecule has 0 spiro atoms. The molecule has 0 amide bonds. The number of esters is 1. The van der Waals surface area contributed by atoms with Gasteiger partial charge in [-0.1, -0.05) is 134 Å². The molecular weight excluding hydrogens is 713 g/mol. The zero-order valence-electron chi connectivity index (χ0n) is 29.7. The molecule has 272 valence electrons. The summed E-state index contributed by atoms with van der Waals surface area (Å²) in [5.41, 5.74) is 7.25. The summed E-state index contributed by atoms with van der Waals surface area (Å²) < 4.78 is 16.8. The predicted molar refractivity (Wildman–Crippen MR) is 222 cm³/mol. The number of phenolic OH excluding ortho intramolecular Hbond substituents is 2. The van der Waals surface area contributed by atoms with Crippen molar-refractivity contribution in [3.8, 4) is 45.3 Å². The minimum Gasteiger partial charge on any atom is -0.507 e. The minimum absolute atomic E-state index is 0.0181. The number of aromatic hydroxyl groups is 2. The normalized spacial score (nSPS) is 10.7. The Bertz CT molecular complexity index is 2180. The van der Waals surface area contributed by atoms with E-state index in [4.69, 9.17) is 38.6 Å². The summed E-state index contributed by atoms with van der Waals surface area (Å²) in [7, 11) is 0. The first-order valence-corrected chi connectivity index (χ1v) is 18.6. The van der Waals surface area contributed by atoms with Crippen LogP contribution in [0.1, 0.15) is 47.9 Å². The fourth-order valence-corrected chi connectivity index (χ4v) is 6.53. The summed E-state index contributed by atoms with van der Waals surface area (Å²) in [6.45, 7) is 0.698. The Balaban J connectivity index is 0.851. The van der Waals surface area contributed by atoms with E-state index in [1.807, 2.05) is 84.9 Å². The van der Waals surface area contributed by atoms with Crippen LogP contribution < -0.4 is 9.47 Å². The molecule has 0 aliphatic heterocycles. The van der Waals surface area contributed by atoms with E-state index in [0.29, 0.717) is 51.8 Å². The summed E-state index contributed by atoms with van der Waals surface area (Å²) in [5, 5.41) is 21.3. The Morgan fingerprint density at radius 1 is 0.481 bits per heavy atom. The molecule has 0 saturated heterocycles. The summed E-state index contributed by atoms with van der Waals surface area (Å²) in [6.07, 6.45) is 2.48. The van der Waals surface area contributed by atoms with Gasteiger partial charge in [0.15, 0.2) is 0 Å². The molecule has 0 aliphatic rings. The smallest absolute Gasteiger partial charge is 0.305 e. The van der Waals surface area contributed by atoms with Crippen LogP contribution in [0.3, 0.4) is 0 Å². The highest BCUT2D eigenvalue weighted by molar-refractivity contribution is 7.81. The van der Waals surface area contributed by atoms with Crippen LogP contribution >= 0.6 is 24.4 Å². The second-order valence-corrected chi connectivity index (χ2v) is 13.4. The number of carbonyl (C=O) groups excluding carboxylic acids is 1. The van der Waals surface area contributed by atoms with Crippen LogP contribution in [0.5, 0.6) is 23.0 Å². The average molecular weight is 753 g/mol. The van der Waals surface area contributed by atoms with Gasteiger partial charge in [-0.3, -0.25) is 4.79 Å². The van der Waals surface area contributed by atoms with Crippen LogP contribution in [0.4, 0.5) is 0 Å². The average Bonchev–Trinajstić information content (AvgIpc) is 3.21. The van der Waals surface area contributed by atoms with E-state index in [2.05, 4.69) is 24.3 Å². The van der Waals surface area contributed by atoms with Gasteiger partial charge in [0, 0.05) is 29.7 Å². The largest absolute Gasteiger partial charge is 0.507 e. The Morgan fingerprint density at radius 3 is 1.39 bits per heavy atom. The highest BCUT2D eigenvalue weighted by atomic mass is 32.1. The Hall–Kier alpha value is -5.83. The van der Waals surface area contributed by atoms with E-state index < -0.39 is 0 Å². The minimum atomic E-state index is -0.299. The van der Waals surface area contributed by atoms with Gasteiger partial charge >= 0.3 is 5.97 Å². The zero-order chi connectivity index (χ0) is 37.7. The summed E-state index contributed by atoms with van der Waals surface area (Å²) in [6, 6.07) is 46.3. The van der Waals surface area contributed by atoms with E-state index in [9.17, 15) is 15.0 Å². The van der Waals surface area contributed by atoms with Crippen LogP contribution in [0.25, 0.3) is 22.3 Å². The third kappa shape index (κ3) is 10.2. The number of benzene rings is 6. The van der Waals surface area contributed by atoms with Crippen LogP contribution in [-0.2, 0) is 9.53 Å². The maximum Gasteiger partial charge on any atom is 0.305 e. The molecule has 0 heterocycles. The number of unbranched alkanes of at least 4 members (excludes halogenated alkanes) is 2. The summed E-state index contributed by atoms with van der Waals surface area (Å²) >= 11 is 11.3. The second-order valence-electron chi connectivity index (χ2n) is 12.6. The molecule has 0 saturated carbocycles. The van der Waals surface area contributed by atoms with Gasteiger partial charge in [-0.05, 0) is 76.9 Å². The molecule has 0 unspecified atom stereocenters. The lowest BCUT2D eigenvalue weighted by Gasteiger charge is -2.12. The molecule has 0 fully saturated rings. The quantitative estimate of drug-likeness (QED) is 0.0412. The van der Waals surface area contributed by atoms with Crippen molar-refractivity contribution < 1.29 is 29.2 Å². The summed E-state index contributed by atoms with van der Waals surface area (Å²) in [5.74, 6) is 0.791. The molecule has 54 heavy (non-hydrogen) atoms. The van der Waals surface area contributed by atoms with Crippen molar-refractivity contribution in [3.63, 3.8) is 0 Å². The lowest BCUT2D eigenvalue weighted by Crippen LogP contribution is -2.12. The molecule has 8 heteroatoms. The molecular formula is C46H40O6S2. The van der Waals surface area contributed by atoms with Crippen molar-refractivity contribution in [2.24, 2.45) is 0 Å². The summed E-state index contributed by atoms with van der Waals surface area (Å²) in [4.78, 5) is 13.3. The third-order valence-electron chi connectivity index (χ3n) is 8.85. The SMILES string of the molecule is O=C(CCCCCOc1ccc(C(=S)c2ccc(-c3ccccc3)cc2)c(O)c1)OCCOc1ccc(C(=S)c2ccc(-c3ccccc3)cc2)c(O)c1. The molecule has 0 aromatic heterocycles. The molecule has 6 nitrogen and oxygen atoms in total. The van der Waals surface area contributed by atoms with Crippen molar-refractivity contribution >= 4 is 40.1 Å². The van der Waals surface area contributed by atoms with Crippen molar-refractivity contribution in [3.05, 3.63) is 168 Å². The van der Waals surface area contributed by atoms with Gasteiger partial charge < -0.3 is 24.4 Å². The van der Waals surface area contributed by atoms with Gasteiger partial charge in [-0.15, -0.1) is 0 Å². The topological polar surface area (TPSA) is 85.2 Å². The van der Waals surface area contributed by atoms with Crippen LogP contribution in [0, 0.1) is 0 Å². The maximum absolute atomic E-state index is 12.2. The van der Waals surface area contributed by atoms with E-state index >= 15 is 0 Å². The van der Waals surface area contributed by atoms with Gasteiger partial charge in [0.25, 0.3) is 0 Å². The number of rotatable bonds is 17.